The normalized spacial score (nSPS) is 9.38. The Kier molecular flexibility index (Phi) is 9.99. The Labute approximate surface area is 107 Å². The molecule has 0 unspecified atom stereocenters. The Bertz CT molecular complexity index is 333. The summed E-state index contributed by atoms with van der Waals surface area (Å²) in [5.74, 6) is 0.684. The average molecular weight is 267 g/mol. The molecule has 7 heteroatoms. The number of hydrogen-bond acceptors (Lipinski definition) is 5. The molecule has 1 heterocycles. The van der Waals surface area contributed by atoms with Crippen LogP contribution in [0.5, 0.6) is 5.88 Å². The minimum Gasteiger partial charge on any atom is -0.480 e. The number of methoxy groups -OCH3 is 1. The molecule has 0 saturated carbocycles. The molecule has 4 N–H and O–H groups in total. The Morgan fingerprint density at radius 1 is 1.44 bits per heavy atom. The molecule has 92 valence electrons. The third-order valence-corrected chi connectivity index (χ3v) is 1.62. The molecule has 0 radical (unpaired) electrons. The molecule has 16 heavy (non-hydrogen) atoms. The number of rotatable bonds is 4. The minimum atomic E-state index is 0. The molecule has 0 aliphatic heterocycles. The Morgan fingerprint density at radius 3 is 2.69 bits per heavy atom. The molecule has 0 aliphatic rings. The van der Waals surface area contributed by atoms with Crippen LogP contribution in [-0.4, -0.2) is 23.6 Å². The van der Waals surface area contributed by atoms with Crippen LogP contribution in [0.4, 0.5) is 5.95 Å². The topological polar surface area (TPSA) is 87.0 Å². The molecule has 0 fully saturated rings. The lowest BCUT2D eigenvalue weighted by molar-refractivity contribution is 0.396. The van der Waals surface area contributed by atoms with Gasteiger partial charge in [-0.3, -0.25) is 0 Å². The van der Waals surface area contributed by atoms with Gasteiger partial charge in [0.1, 0.15) is 0 Å². The standard InChI is InChI=1S/C9H14N4O.2ClH/c1-14-8-7(4-2-3-5-10)6-12-9(11)13-8;;/h2,4,6H,3,5,10H2,1H3,(H2,11,12,13);2*1H/b4-2+;;. The van der Waals surface area contributed by atoms with Gasteiger partial charge in [0.25, 0.3) is 0 Å². The number of halogens is 2. The van der Waals surface area contributed by atoms with Crippen molar-refractivity contribution < 1.29 is 4.74 Å². The van der Waals surface area contributed by atoms with Crippen molar-refractivity contribution in [3.8, 4) is 5.88 Å². The van der Waals surface area contributed by atoms with Crippen LogP contribution in [-0.2, 0) is 0 Å². The number of aromatic nitrogens is 2. The molecular weight excluding hydrogens is 251 g/mol. The molecule has 0 aliphatic carbocycles. The fourth-order valence-corrected chi connectivity index (χ4v) is 0.973. The molecule has 0 spiro atoms. The van der Waals surface area contributed by atoms with Gasteiger partial charge >= 0.3 is 0 Å². The van der Waals surface area contributed by atoms with Crippen molar-refractivity contribution in [2.45, 2.75) is 6.42 Å². The molecule has 0 saturated heterocycles. The predicted molar refractivity (Wildman–Crippen MR) is 70.2 cm³/mol. The van der Waals surface area contributed by atoms with Gasteiger partial charge in [0.15, 0.2) is 0 Å². The summed E-state index contributed by atoms with van der Waals surface area (Å²) in [5, 5.41) is 0. The summed E-state index contributed by atoms with van der Waals surface area (Å²) in [6.07, 6.45) is 6.24. The summed E-state index contributed by atoms with van der Waals surface area (Å²) >= 11 is 0. The van der Waals surface area contributed by atoms with Gasteiger partial charge in [0, 0.05) is 6.20 Å². The highest BCUT2D eigenvalue weighted by Crippen LogP contribution is 2.16. The molecule has 1 rings (SSSR count). The van der Waals surface area contributed by atoms with E-state index in [1.165, 1.54) is 0 Å². The maximum atomic E-state index is 5.41. The van der Waals surface area contributed by atoms with E-state index in [-0.39, 0.29) is 30.8 Å². The zero-order valence-electron chi connectivity index (χ0n) is 8.92. The van der Waals surface area contributed by atoms with E-state index in [9.17, 15) is 0 Å². The summed E-state index contributed by atoms with van der Waals surface area (Å²) < 4.78 is 5.04. The largest absolute Gasteiger partial charge is 0.480 e. The van der Waals surface area contributed by atoms with Crippen LogP contribution in [0.2, 0.25) is 0 Å². The summed E-state index contributed by atoms with van der Waals surface area (Å²) in [6.45, 7) is 0.620. The number of ether oxygens (including phenoxy) is 1. The molecule has 5 nitrogen and oxygen atoms in total. The zero-order chi connectivity index (χ0) is 10.4. The van der Waals surface area contributed by atoms with Gasteiger partial charge in [-0.15, -0.1) is 24.8 Å². The highest BCUT2D eigenvalue weighted by molar-refractivity contribution is 5.85. The van der Waals surface area contributed by atoms with Crippen LogP contribution in [0.3, 0.4) is 0 Å². The minimum absolute atomic E-state index is 0. The molecule has 0 aromatic carbocycles. The first-order valence-corrected chi connectivity index (χ1v) is 4.31. The number of nitrogens with two attached hydrogens (primary N) is 2. The quantitative estimate of drug-likeness (QED) is 0.857. The van der Waals surface area contributed by atoms with Crippen molar-refractivity contribution in [1.29, 1.82) is 0 Å². The molecule has 0 atom stereocenters. The van der Waals surface area contributed by atoms with Crippen molar-refractivity contribution in [3.63, 3.8) is 0 Å². The average Bonchev–Trinajstić information content (AvgIpc) is 2.20. The van der Waals surface area contributed by atoms with Gasteiger partial charge in [-0.25, -0.2) is 4.98 Å². The first-order chi connectivity index (χ1) is 6.77. The lowest BCUT2D eigenvalue weighted by atomic mass is 10.2. The first-order valence-electron chi connectivity index (χ1n) is 4.31. The SMILES string of the molecule is COc1nc(N)ncc1/C=C/CCN.Cl.Cl. The van der Waals surface area contributed by atoms with E-state index in [4.69, 9.17) is 16.2 Å². The van der Waals surface area contributed by atoms with E-state index in [0.717, 1.165) is 12.0 Å². The molecule has 1 aromatic rings. The third kappa shape index (κ3) is 5.16. The van der Waals surface area contributed by atoms with Crippen molar-refractivity contribution >= 4 is 36.8 Å². The van der Waals surface area contributed by atoms with Crippen LogP contribution < -0.4 is 16.2 Å². The van der Waals surface area contributed by atoms with Crippen molar-refractivity contribution in [2.24, 2.45) is 5.73 Å². The monoisotopic (exact) mass is 266 g/mol. The maximum Gasteiger partial charge on any atom is 0.225 e. The lowest BCUT2D eigenvalue weighted by Crippen LogP contribution is -1.99. The van der Waals surface area contributed by atoms with Crippen molar-refractivity contribution in [3.05, 3.63) is 17.8 Å². The van der Waals surface area contributed by atoms with Gasteiger partial charge in [-0.1, -0.05) is 12.2 Å². The first kappa shape index (κ1) is 17.4. The van der Waals surface area contributed by atoms with Crippen LogP contribution in [0.15, 0.2) is 12.3 Å². The van der Waals surface area contributed by atoms with Gasteiger partial charge in [0.05, 0.1) is 12.7 Å². The van der Waals surface area contributed by atoms with E-state index >= 15 is 0 Å². The summed E-state index contributed by atoms with van der Waals surface area (Å²) in [6, 6.07) is 0. The molecule has 1 aromatic heterocycles. The lowest BCUT2D eigenvalue weighted by Gasteiger charge is -2.02. The van der Waals surface area contributed by atoms with E-state index in [0.29, 0.717) is 12.4 Å². The Balaban J connectivity index is 0. The maximum absolute atomic E-state index is 5.41. The van der Waals surface area contributed by atoms with E-state index in [1.54, 1.807) is 13.3 Å². The molecular formula is C9H16Cl2N4O. The van der Waals surface area contributed by atoms with Crippen LogP contribution in [0.1, 0.15) is 12.0 Å². The van der Waals surface area contributed by atoms with E-state index < -0.39 is 0 Å². The fourth-order valence-electron chi connectivity index (χ4n) is 0.973. The number of anilines is 1. The second-order valence-electron chi connectivity index (χ2n) is 2.67. The Morgan fingerprint density at radius 2 is 2.12 bits per heavy atom. The van der Waals surface area contributed by atoms with Gasteiger partial charge in [-0.05, 0) is 13.0 Å². The van der Waals surface area contributed by atoms with Crippen molar-refractivity contribution in [1.82, 2.24) is 9.97 Å². The zero-order valence-corrected chi connectivity index (χ0v) is 10.6. The predicted octanol–water partition coefficient (Wildman–Crippen LogP) is 1.27. The number of nitrogens with zero attached hydrogens (tertiary/aromatic N) is 2. The van der Waals surface area contributed by atoms with Crippen LogP contribution in [0, 0.1) is 0 Å². The summed E-state index contributed by atoms with van der Waals surface area (Å²) in [7, 11) is 1.54. The summed E-state index contributed by atoms with van der Waals surface area (Å²) in [5.41, 5.74) is 11.6. The van der Waals surface area contributed by atoms with Gasteiger partial charge in [0.2, 0.25) is 11.8 Å². The van der Waals surface area contributed by atoms with Crippen LogP contribution >= 0.6 is 24.8 Å². The highest BCUT2D eigenvalue weighted by atomic mass is 35.5. The Hall–Kier alpha value is -1.04. The van der Waals surface area contributed by atoms with E-state index in [1.807, 2.05) is 12.2 Å². The number of hydrogen-bond donors (Lipinski definition) is 2. The molecule has 0 amide bonds. The fraction of sp³-hybridized carbons (Fsp3) is 0.333. The van der Waals surface area contributed by atoms with Crippen molar-refractivity contribution in [2.75, 3.05) is 19.4 Å². The second kappa shape index (κ2) is 9.21. The van der Waals surface area contributed by atoms with Gasteiger partial charge in [-0.2, -0.15) is 4.98 Å². The van der Waals surface area contributed by atoms with E-state index in [2.05, 4.69) is 9.97 Å². The van der Waals surface area contributed by atoms with Crippen LogP contribution in [0.25, 0.3) is 6.08 Å². The third-order valence-electron chi connectivity index (χ3n) is 1.62. The second-order valence-corrected chi connectivity index (χ2v) is 2.67. The smallest absolute Gasteiger partial charge is 0.225 e. The highest BCUT2D eigenvalue weighted by Gasteiger charge is 2.01. The molecule has 0 bridgehead atoms. The summed E-state index contributed by atoms with van der Waals surface area (Å²) in [4.78, 5) is 7.80. The van der Waals surface area contributed by atoms with Gasteiger partial charge < -0.3 is 16.2 Å². The number of nitrogen functional groups attached to an aromatic ring is 1.